The van der Waals surface area contributed by atoms with Crippen LogP contribution in [0.25, 0.3) is 0 Å². The first-order chi connectivity index (χ1) is 8.65. The molecular weight excluding hydrogens is 236 g/mol. The predicted molar refractivity (Wildman–Crippen MR) is 63.0 cm³/mol. The molecule has 1 N–H and O–H groups in total. The molecule has 1 unspecified atom stereocenters. The molecule has 1 atom stereocenters. The number of aromatic nitrogens is 1. The minimum Gasteiger partial charge on any atom is -0.396 e. The molecule has 0 bridgehead atoms. The molecule has 2 rings (SSSR count). The number of aliphatic hydroxyl groups excluding tert-OH is 1. The molecule has 2 heterocycles. The third-order valence-electron chi connectivity index (χ3n) is 3.02. The summed E-state index contributed by atoms with van der Waals surface area (Å²) >= 11 is 0. The lowest BCUT2D eigenvalue weighted by Gasteiger charge is -2.16. The normalized spacial score (nSPS) is 18.7. The van der Waals surface area contributed by atoms with Crippen LogP contribution in [-0.2, 0) is 0 Å². The molecule has 18 heavy (non-hydrogen) atoms. The molecule has 0 radical (unpaired) electrons. The highest BCUT2D eigenvalue weighted by molar-refractivity contribution is 5.60. The molecule has 0 aromatic carbocycles. The molecule has 1 aromatic rings. The van der Waals surface area contributed by atoms with Crippen LogP contribution in [0.1, 0.15) is 12.0 Å². The number of pyridine rings is 1. The van der Waals surface area contributed by atoms with E-state index < -0.39 is 4.92 Å². The molecule has 1 aromatic heterocycles. The molecule has 1 aliphatic heterocycles. The average molecular weight is 248 g/mol. The summed E-state index contributed by atoms with van der Waals surface area (Å²) in [5.41, 5.74) is 0.0102. The van der Waals surface area contributed by atoms with Crippen LogP contribution >= 0.6 is 0 Å². The quantitative estimate of drug-likeness (QED) is 0.623. The fourth-order valence-corrected chi connectivity index (χ4v) is 2.06. The van der Waals surface area contributed by atoms with Gasteiger partial charge in [0.05, 0.1) is 10.5 Å². The van der Waals surface area contributed by atoms with Crippen molar-refractivity contribution < 1.29 is 10.0 Å². The molecule has 7 heteroatoms. The summed E-state index contributed by atoms with van der Waals surface area (Å²) in [6, 6.07) is 3.07. The van der Waals surface area contributed by atoms with Gasteiger partial charge in [0.15, 0.2) is 0 Å². The molecule has 0 amide bonds. The molecule has 7 nitrogen and oxygen atoms in total. The van der Waals surface area contributed by atoms with Gasteiger partial charge in [-0.1, -0.05) is 0 Å². The highest BCUT2D eigenvalue weighted by Crippen LogP contribution is 2.30. The van der Waals surface area contributed by atoms with Crippen molar-refractivity contribution in [2.45, 2.75) is 6.42 Å². The Morgan fingerprint density at radius 1 is 1.72 bits per heavy atom. The minimum absolute atomic E-state index is 0.0700. The Bertz CT molecular complexity index is 512. The van der Waals surface area contributed by atoms with E-state index in [0.717, 1.165) is 6.42 Å². The zero-order valence-electron chi connectivity index (χ0n) is 9.61. The third-order valence-corrected chi connectivity index (χ3v) is 3.02. The molecular formula is C11H12N4O3. The van der Waals surface area contributed by atoms with Crippen molar-refractivity contribution >= 4 is 11.5 Å². The van der Waals surface area contributed by atoms with Crippen molar-refractivity contribution in [3.8, 4) is 6.07 Å². The Labute approximate surface area is 103 Å². The molecule has 0 saturated carbocycles. The van der Waals surface area contributed by atoms with Crippen LogP contribution in [0.4, 0.5) is 11.5 Å². The van der Waals surface area contributed by atoms with Gasteiger partial charge in [0, 0.05) is 37.9 Å². The standard InChI is InChI=1S/C11H12N4O3/c12-4-9-3-10(15(17)18)11(13-5-9)14-2-1-8(6-14)7-16/h3,5,8,16H,1-2,6-7H2. The van der Waals surface area contributed by atoms with E-state index in [2.05, 4.69) is 4.98 Å². The van der Waals surface area contributed by atoms with Gasteiger partial charge in [-0.3, -0.25) is 10.1 Å². The lowest BCUT2D eigenvalue weighted by molar-refractivity contribution is -0.384. The van der Waals surface area contributed by atoms with E-state index >= 15 is 0 Å². The number of nitro groups is 1. The second-order valence-electron chi connectivity index (χ2n) is 4.22. The minimum atomic E-state index is -0.532. The van der Waals surface area contributed by atoms with Crippen LogP contribution in [0.2, 0.25) is 0 Å². The van der Waals surface area contributed by atoms with Crippen LogP contribution in [0.15, 0.2) is 12.3 Å². The van der Waals surface area contributed by atoms with Crippen molar-refractivity contribution in [2.75, 3.05) is 24.6 Å². The molecule has 1 fully saturated rings. The number of rotatable bonds is 3. The molecule has 1 aliphatic rings. The Morgan fingerprint density at radius 3 is 3.06 bits per heavy atom. The van der Waals surface area contributed by atoms with Crippen molar-refractivity contribution in [1.29, 1.82) is 5.26 Å². The first-order valence-electron chi connectivity index (χ1n) is 5.56. The van der Waals surface area contributed by atoms with E-state index in [9.17, 15) is 10.1 Å². The second-order valence-corrected chi connectivity index (χ2v) is 4.22. The zero-order chi connectivity index (χ0) is 13.1. The van der Waals surface area contributed by atoms with E-state index in [0.29, 0.717) is 13.1 Å². The molecule has 0 spiro atoms. The predicted octanol–water partition coefficient (Wildman–Crippen LogP) is 0.680. The molecule has 0 aliphatic carbocycles. The summed E-state index contributed by atoms with van der Waals surface area (Å²) in [5, 5.41) is 28.8. The van der Waals surface area contributed by atoms with Gasteiger partial charge < -0.3 is 10.0 Å². The number of nitrogens with zero attached hydrogens (tertiary/aromatic N) is 4. The van der Waals surface area contributed by atoms with E-state index in [4.69, 9.17) is 10.4 Å². The summed E-state index contributed by atoms with van der Waals surface area (Å²) in [4.78, 5) is 16.2. The summed E-state index contributed by atoms with van der Waals surface area (Å²) < 4.78 is 0. The Balaban J connectivity index is 2.33. The van der Waals surface area contributed by atoms with Crippen LogP contribution in [0.3, 0.4) is 0 Å². The summed E-state index contributed by atoms with van der Waals surface area (Å²) in [7, 11) is 0. The fourth-order valence-electron chi connectivity index (χ4n) is 2.06. The van der Waals surface area contributed by atoms with Crippen LogP contribution < -0.4 is 4.90 Å². The monoisotopic (exact) mass is 248 g/mol. The van der Waals surface area contributed by atoms with E-state index in [1.54, 1.807) is 4.90 Å². The topological polar surface area (TPSA) is 103 Å². The maximum absolute atomic E-state index is 11.0. The first kappa shape index (κ1) is 12.3. The summed E-state index contributed by atoms with van der Waals surface area (Å²) in [6.07, 6.45) is 2.12. The van der Waals surface area contributed by atoms with Gasteiger partial charge in [-0.05, 0) is 6.42 Å². The van der Waals surface area contributed by atoms with Crippen molar-refractivity contribution in [1.82, 2.24) is 4.98 Å². The smallest absolute Gasteiger partial charge is 0.312 e. The number of aliphatic hydroxyl groups is 1. The lowest BCUT2D eigenvalue weighted by atomic mass is 10.1. The largest absolute Gasteiger partial charge is 0.396 e. The SMILES string of the molecule is N#Cc1cnc(N2CCC(CO)C2)c([N+](=O)[O-])c1. The Morgan fingerprint density at radius 2 is 2.50 bits per heavy atom. The number of anilines is 1. The highest BCUT2D eigenvalue weighted by Gasteiger charge is 2.28. The number of hydrogen-bond donors (Lipinski definition) is 1. The maximum Gasteiger partial charge on any atom is 0.312 e. The maximum atomic E-state index is 11.0. The Hall–Kier alpha value is -2.20. The molecule has 1 saturated heterocycles. The fraction of sp³-hybridized carbons (Fsp3) is 0.455. The third kappa shape index (κ3) is 2.24. The van der Waals surface area contributed by atoms with Crippen LogP contribution in [0, 0.1) is 27.4 Å². The van der Waals surface area contributed by atoms with Gasteiger partial charge in [0.25, 0.3) is 0 Å². The van der Waals surface area contributed by atoms with Gasteiger partial charge >= 0.3 is 5.69 Å². The van der Waals surface area contributed by atoms with Crippen molar-refractivity contribution in [3.05, 3.63) is 27.9 Å². The zero-order valence-corrected chi connectivity index (χ0v) is 9.61. The average Bonchev–Trinajstić information content (AvgIpc) is 2.86. The summed E-state index contributed by atoms with van der Waals surface area (Å²) in [6.45, 7) is 1.25. The molecule has 94 valence electrons. The van der Waals surface area contributed by atoms with Gasteiger partial charge in [-0.15, -0.1) is 0 Å². The van der Waals surface area contributed by atoms with Crippen LogP contribution in [0.5, 0.6) is 0 Å². The van der Waals surface area contributed by atoms with E-state index in [1.165, 1.54) is 12.3 Å². The van der Waals surface area contributed by atoms with Gasteiger partial charge in [-0.25, -0.2) is 4.98 Å². The second kappa shape index (κ2) is 4.98. The van der Waals surface area contributed by atoms with Gasteiger partial charge in [0.1, 0.15) is 6.07 Å². The van der Waals surface area contributed by atoms with E-state index in [1.807, 2.05) is 6.07 Å². The number of nitriles is 1. The number of hydrogen-bond acceptors (Lipinski definition) is 6. The van der Waals surface area contributed by atoms with E-state index in [-0.39, 0.29) is 29.6 Å². The van der Waals surface area contributed by atoms with Gasteiger partial charge in [-0.2, -0.15) is 5.26 Å². The van der Waals surface area contributed by atoms with Crippen molar-refractivity contribution in [2.24, 2.45) is 5.92 Å². The lowest BCUT2D eigenvalue weighted by Crippen LogP contribution is -2.22. The highest BCUT2D eigenvalue weighted by atomic mass is 16.6. The van der Waals surface area contributed by atoms with Crippen molar-refractivity contribution in [3.63, 3.8) is 0 Å². The van der Waals surface area contributed by atoms with Gasteiger partial charge in [0.2, 0.25) is 5.82 Å². The Kier molecular flexibility index (Phi) is 3.39. The van der Waals surface area contributed by atoms with Crippen LogP contribution in [-0.4, -0.2) is 34.7 Å². The summed E-state index contributed by atoms with van der Waals surface area (Å²) in [5.74, 6) is 0.400. The first-order valence-corrected chi connectivity index (χ1v) is 5.56.